The SMILES string of the molecule is CN1C(=O)CN(CC(=O)Nc2cc(C(C)(C)C)no2)[C@@H]1c1ccccc1. The van der Waals surface area contributed by atoms with Crippen molar-refractivity contribution >= 4 is 17.7 Å². The van der Waals surface area contributed by atoms with Gasteiger partial charge in [0.2, 0.25) is 17.7 Å². The molecule has 1 atom stereocenters. The van der Waals surface area contributed by atoms with Crippen molar-refractivity contribution in [1.29, 1.82) is 0 Å². The van der Waals surface area contributed by atoms with E-state index in [2.05, 4.69) is 10.5 Å². The fraction of sp³-hybridized carbons (Fsp3) is 0.421. The molecule has 0 aliphatic carbocycles. The first kappa shape index (κ1) is 18.1. The van der Waals surface area contributed by atoms with Crippen LogP contribution in [0.15, 0.2) is 40.9 Å². The number of benzene rings is 1. The van der Waals surface area contributed by atoms with E-state index in [1.54, 1.807) is 18.0 Å². The minimum atomic E-state index is -0.255. The van der Waals surface area contributed by atoms with Crippen LogP contribution in [0.4, 0.5) is 5.88 Å². The van der Waals surface area contributed by atoms with E-state index in [1.165, 1.54) is 0 Å². The van der Waals surface area contributed by atoms with Gasteiger partial charge in [0.15, 0.2) is 0 Å². The predicted octanol–water partition coefficient (Wildman–Crippen LogP) is 2.38. The molecule has 2 aromatic rings. The van der Waals surface area contributed by atoms with Crippen LogP contribution in [-0.2, 0) is 15.0 Å². The van der Waals surface area contributed by atoms with Crippen LogP contribution in [0.2, 0.25) is 0 Å². The number of hydrogen-bond donors (Lipinski definition) is 1. The predicted molar refractivity (Wildman–Crippen MR) is 97.4 cm³/mol. The smallest absolute Gasteiger partial charge is 0.241 e. The van der Waals surface area contributed by atoms with Gasteiger partial charge in [0.25, 0.3) is 0 Å². The maximum Gasteiger partial charge on any atom is 0.241 e. The Balaban J connectivity index is 1.69. The molecule has 26 heavy (non-hydrogen) atoms. The largest absolute Gasteiger partial charge is 0.338 e. The Bertz CT molecular complexity index is 795. The third-order valence-electron chi connectivity index (χ3n) is 4.43. The summed E-state index contributed by atoms with van der Waals surface area (Å²) in [7, 11) is 1.75. The number of amides is 2. The van der Waals surface area contributed by atoms with Gasteiger partial charge >= 0.3 is 0 Å². The fourth-order valence-electron chi connectivity index (χ4n) is 3.00. The zero-order valence-corrected chi connectivity index (χ0v) is 15.5. The van der Waals surface area contributed by atoms with Crippen LogP contribution < -0.4 is 5.32 Å². The first-order chi connectivity index (χ1) is 12.3. The van der Waals surface area contributed by atoms with E-state index in [0.29, 0.717) is 5.88 Å². The molecule has 2 amide bonds. The minimum absolute atomic E-state index is 0.0127. The maximum atomic E-state index is 12.4. The van der Waals surface area contributed by atoms with Crippen LogP contribution in [0, 0.1) is 0 Å². The topological polar surface area (TPSA) is 78.7 Å². The molecule has 1 aromatic carbocycles. The van der Waals surface area contributed by atoms with Gasteiger partial charge in [-0.05, 0) is 5.56 Å². The van der Waals surface area contributed by atoms with Crippen LogP contribution in [-0.4, -0.2) is 46.9 Å². The van der Waals surface area contributed by atoms with E-state index in [1.807, 2.05) is 56.0 Å². The van der Waals surface area contributed by atoms with E-state index in [9.17, 15) is 9.59 Å². The van der Waals surface area contributed by atoms with Crippen molar-refractivity contribution in [2.45, 2.75) is 32.4 Å². The third-order valence-corrected chi connectivity index (χ3v) is 4.43. The minimum Gasteiger partial charge on any atom is -0.338 e. The summed E-state index contributed by atoms with van der Waals surface area (Å²) in [5.74, 6) is 0.0574. The highest BCUT2D eigenvalue weighted by atomic mass is 16.5. The normalized spacial score (nSPS) is 18.4. The molecule has 0 spiro atoms. The average Bonchev–Trinajstić information content (AvgIpc) is 3.14. The van der Waals surface area contributed by atoms with Crippen molar-refractivity contribution in [2.75, 3.05) is 25.5 Å². The second-order valence-corrected chi connectivity index (χ2v) is 7.57. The Hall–Kier alpha value is -2.67. The van der Waals surface area contributed by atoms with Crippen LogP contribution in [0.3, 0.4) is 0 Å². The zero-order valence-electron chi connectivity index (χ0n) is 15.5. The Kier molecular flexibility index (Phi) is 4.82. The molecule has 2 heterocycles. The summed E-state index contributed by atoms with van der Waals surface area (Å²) >= 11 is 0. The molecular weight excluding hydrogens is 332 g/mol. The van der Waals surface area contributed by atoms with Gasteiger partial charge < -0.3 is 9.42 Å². The van der Waals surface area contributed by atoms with Gasteiger partial charge in [-0.25, -0.2) is 0 Å². The van der Waals surface area contributed by atoms with Crippen molar-refractivity contribution in [3.8, 4) is 0 Å². The maximum absolute atomic E-state index is 12.4. The first-order valence-electron chi connectivity index (χ1n) is 8.57. The van der Waals surface area contributed by atoms with E-state index in [-0.39, 0.29) is 36.5 Å². The standard InChI is InChI=1S/C19H24N4O3/c1-19(2,3)14-10-16(26-21-14)20-15(24)11-23-12-17(25)22(4)18(23)13-8-6-5-7-9-13/h5-10,18H,11-12H2,1-4H3,(H,20,24)/t18-/m1/s1. The summed E-state index contributed by atoms with van der Waals surface area (Å²) in [5.41, 5.74) is 1.59. The average molecular weight is 356 g/mol. The highest BCUT2D eigenvalue weighted by molar-refractivity contribution is 5.92. The Morgan fingerprint density at radius 1 is 1.31 bits per heavy atom. The van der Waals surface area contributed by atoms with Crippen LogP contribution in [0.5, 0.6) is 0 Å². The molecular formula is C19H24N4O3. The molecule has 138 valence electrons. The quantitative estimate of drug-likeness (QED) is 0.910. The molecule has 1 aromatic heterocycles. The van der Waals surface area contributed by atoms with Crippen LogP contribution >= 0.6 is 0 Å². The molecule has 0 bridgehead atoms. The monoisotopic (exact) mass is 356 g/mol. The van der Waals surface area contributed by atoms with Crippen LogP contribution in [0.25, 0.3) is 0 Å². The van der Waals surface area contributed by atoms with Crippen molar-refractivity contribution in [3.05, 3.63) is 47.7 Å². The van der Waals surface area contributed by atoms with Crippen molar-refractivity contribution in [2.24, 2.45) is 0 Å². The van der Waals surface area contributed by atoms with Gasteiger partial charge in [0.1, 0.15) is 6.17 Å². The summed E-state index contributed by atoms with van der Waals surface area (Å²) < 4.78 is 5.20. The summed E-state index contributed by atoms with van der Waals surface area (Å²) in [6.07, 6.45) is -0.255. The second-order valence-electron chi connectivity index (χ2n) is 7.57. The Morgan fingerprint density at radius 2 is 2.00 bits per heavy atom. The van der Waals surface area contributed by atoms with Gasteiger partial charge in [0, 0.05) is 18.5 Å². The molecule has 1 saturated heterocycles. The number of aromatic nitrogens is 1. The molecule has 1 aliphatic rings. The number of rotatable bonds is 4. The van der Waals surface area contributed by atoms with E-state index in [0.717, 1.165) is 11.3 Å². The molecule has 1 N–H and O–H groups in total. The number of likely N-dealkylation sites (N-methyl/N-ethyl adjacent to an activating group) is 1. The molecule has 0 saturated carbocycles. The molecule has 7 nitrogen and oxygen atoms in total. The van der Waals surface area contributed by atoms with Crippen molar-refractivity contribution in [1.82, 2.24) is 15.0 Å². The number of hydrogen-bond acceptors (Lipinski definition) is 5. The number of nitrogens with one attached hydrogen (secondary N) is 1. The van der Waals surface area contributed by atoms with Crippen molar-refractivity contribution in [3.63, 3.8) is 0 Å². The van der Waals surface area contributed by atoms with Gasteiger partial charge in [-0.15, -0.1) is 0 Å². The first-order valence-corrected chi connectivity index (χ1v) is 8.57. The lowest BCUT2D eigenvalue weighted by Gasteiger charge is -2.27. The molecule has 1 aliphatic heterocycles. The lowest BCUT2D eigenvalue weighted by molar-refractivity contribution is -0.126. The third kappa shape index (κ3) is 3.77. The number of carbonyl (C=O) groups excluding carboxylic acids is 2. The van der Waals surface area contributed by atoms with Gasteiger partial charge in [-0.3, -0.25) is 19.8 Å². The fourth-order valence-corrected chi connectivity index (χ4v) is 3.00. The summed E-state index contributed by atoms with van der Waals surface area (Å²) in [6.45, 7) is 6.35. The Morgan fingerprint density at radius 3 is 2.62 bits per heavy atom. The highest BCUT2D eigenvalue weighted by Crippen LogP contribution is 2.29. The summed E-state index contributed by atoms with van der Waals surface area (Å²) in [6, 6.07) is 11.4. The van der Waals surface area contributed by atoms with Gasteiger partial charge in [0.05, 0.1) is 18.8 Å². The summed E-state index contributed by atoms with van der Waals surface area (Å²) in [4.78, 5) is 28.1. The number of nitrogens with zero attached hydrogens (tertiary/aromatic N) is 3. The van der Waals surface area contributed by atoms with Gasteiger partial charge in [-0.2, -0.15) is 0 Å². The zero-order chi connectivity index (χ0) is 18.9. The van der Waals surface area contributed by atoms with E-state index < -0.39 is 0 Å². The second kappa shape index (κ2) is 6.92. The molecule has 7 heteroatoms. The lowest BCUT2D eigenvalue weighted by atomic mass is 9.92. The number of carbonyl (C=O) groups is 2. The molecule has 1 fully saturated rings. The van der Waals surface area contributed by atoms with Gasteiger partial charge in [-0.1, -0.05) is 56.3 Å². The Labute approximate surface area is 152 Å². The molecule has 0 unspecified atom stereocenters. The number of anilines is 1. The van der Waals surface area contributed by atoms with Crippen molar-refractivity contribution < 1.29 is 14.1 Å². The lowest BCUT2D eigenvalue weighted by Crippen LogP contribution is -2.35. The molecule has 3 rings (SSSR count). The van der Waals surface area contributed by atoms with E-state index >= 15 is 0 Å². The highest BCUT2D eigenvalue weighted by Gasteiger charge is 2.37. The van der Waals surface area contributed by atoms with E-state index in [4.69, 9.17) is 4.52 Å². The summed E-state index contributed by atoms with van der Waals surface area (Å²) in [5, 5.41) is 6.72. The van der Waals surface area contributed by atoms with Crippen LogP contribution in [0.1, 0.15) is 38.2 Å². The molecule has 0 radical (unpaired) electrons.